The van der Waals surface area contributed by atoms with Gasteiger partial charge >= 0.3 is 0 Å². The van der Waals surface area contributed by atoms with Gasteiger partial charge in [0, 0.05) is 34.9 Å². The van der Waals surface area contributed by atoms with Gasteiger partial charge in [-0.1, -0.05) is 31.2 Å². The van der Waals surface area contributed by atoms with Crippen molar-refractivity contribution in [1.82, 2.24) is 0 Å². The highest BCUT2D eigenvalue weighted by atomic mass is 32.2. The van der Waals surface area contributed by atoms with Crippen molar-refractivity contribution in [2.24, 2.45) is 0 Å². The van der Waals surface area contributed by atoms with Crippen LogP contribution in [0.4, 0.5) is 5.69 Å². The zero-order valence-electron chi connectivity index (χ0n) is 21.4. The van der Waals surface area contributed by atoms with Crippen molar-refractivity contribution >= 4 is 39.0 Å². The second kappa shape index (κ2) is 11.0. The summed E-state index contributed by atoms with van der Waals surface area (Å²) in [6.45, 7) is 7.81. The van der Waals surface area contributed by atoms with Crippen LogP contribution in [0, 0.1) is 0 Å². The number of ether oxygens (including phenoxy) is 1. The molecule has 0 bridgehead atoms. The molecular formula is C31H31N2O3S+. The molecule has 37 heavy (non-hydrogen) atoms. The lowest BCUT2D eigenvalue weighted by atomic mass is 10.1. The number of aromatic nitrogens is 1. The van der Waals surface area contributed by atoms with E-state index in [9.17, 15) is 4.21 Å². The molecule has 6 heteroatoms. The summed E-state index contributed by atoms with van der Waals surface area (Å²) in [6, 6.07) is 20.2. The zero-order chi connectivity index (χ0) is 25.8. The second-order valence-corrected chi connectivity index (χ2v) is 10.4. The Morgan fingerprint density at radius 1 is 1.05 bits per heavy atom. The van der Waals surface area contributed by atoms with Gasteiger partial charge in [-0.3, -0.25) is 4.21 Å². The molecule has 0 N–H and O–H groups in total. The first-order valence-corrected chi connectivity index (χ1v) is 14.0. The van der Waals surface area contributed by atoms with Gasteiger partial charge < -0.3 is 14.1 Å². The average Bonchev–Trinajstić information content (AvgIpc) is 3.60. The molecule has 3 heterocycles. The van der Waals surface area contributed by atoms with E-state index in [4.69, 9.17) is 9.15 Å². The van der Waals surface area contributed by atoms with Gasteiger partial charge in [-0.25, -0.2) is 0 Å². The fourth-order valence-electron chi connectivity index (χ4n) is 4.57. The first kappa shape index (κ1) is 24.8. The van der Waals surface area contributed by atoms with Crippen LogP contribution in [-0.4, -0.2) is 16.5 Å². The molecule has 188 valence electrons. The lowest BCUT2D eigenvalue weighted by Gasteiger charge is -2.15. The highest BCUT2D eigenvalue weighted by molar-refractivity contribution is 7.85. The van der Waals surface area contributed by atoms with Crippen LogP contribution in [0.25, 0.3) is 22.6 Å². The van der Waals surface area contributed by atoms with E-state index in [0.29, 0.717) is 5.75 Å². The van der Waals surface area contributed by atoms with E-state index in [0.717, 1.165) is 52.2 Å². The maximum Gasteiger partial charge on any atom is 0.213 e. The molecule has 1 aliphatic rings. The summed E-state index contributed by atoms with van der Waals surface area (Å²) >= 11 is 0. The van der Waals surface area contributed by atoms with Crippen molar-refractivity contribution in [3.63, 3.8) is 0 Å². The molecule has 0 saturated carbocycles. The molecule has 0 fully saturated rings. The lowest BCUT2D eigenvalue weighted by molar-refractivity contribution is -0.667. The predicted octanol–water partition coefficient (Wildman–Crippen LogP) is 6.72. The van der Waals surface area contributed by atoms with E-state index < -0.39 is 10.8 Å². The Morgan fingerprint density at radius 3 is 2.68 bits per heavy atom. The molecule has 0 spiro atoms. The molecule has 1 unspecified atom stereocenters. The molecule has 2 aromatic heterocycles. The van der Waals surface area contributed by atoms with Crippen molar-refractivity contribution in [3.8, 4) is 5.75 Å². The molecule has 0 amide bonds. The molecule has 4 aromatic rings. The number of hydrogen-bond donors (Lipinski definition) is 0. The summed E-state index contributed by atoms with van der Waals surface area (Å²) in [5, 5.41) is 1.20. The van der Waals surface area contributed by atoms with Gasteiger partial charge in [0.1, 0.15) is 12.3 Å². The van der Waals surface area contributed by atoms with Crippen LogP contribution >= 0.6 is 0 Å². The fourth-order valence-corrected chi connectivity index (χ4v) is 5.37. The zero-order valence-corrected chi connectivity index (χ0v) is 22.2. The van der Waals surface area contributed by atoms with Crippen molar-refractivity contribution in [2.75, 3.05) is 17.2 Å². The minimum Gasteiger partial charge on any atom is -0.464 e. The van der Waals surface area contributed by atoms with Gasteiger partial charge in [-0.05, 0) is 68.0 Å². The van der Waals surface area contributed by atoms with E-state index in [1.807, 2.05) is 49.4 Å². The Kier molecular flexibility index (Phi) is 7.37. The third-order valence-corrected chi connectivity index (χ3v) is 7.80. The Balaban J connectivity index is 1.50. The van der Waals surface area contributed by atoms with Crippen LogP contribution in [-0.2, 0) is 17.3 Å². The van der Waals surface area contributed by atoms with Gasteiger partial charge in [-0.15, -0.1) is 0 Å². The Labute approximate surface area is 220 Å². The van der Waals surface area contributed by atoms with E-state index in [1.165, 1.54) is 10.9 Å². The number of nitrogens with zero attached hydrogens (tertiary/aromatic N) is 2. The van der Waals surface area contributed by atoms with Gasteiger partial charge in [0.05, 0.1) is 28.1 Å². The smallest absolute Gasteiger partial charge is 0.213 e. The monoisotopic (exact) mass is 511 g/mol. The lowest BCUT2D eigenvalue weighted by Crippen LogP contribution is -2.32. The van der Waals surface area contributed by atoms with Crippen molar-refractivity contribution in [1.29, 1.82) is 0 Å². The SMILES string of the molecule is CCN1C(=CC=C(C=Cc2cc[n+](CC)c3ccccc23)c2ccco2)Oc2ccc(S(=O)CC)cc21. The molecule has 0 saturated heterocycles. The average molecular weight is 512 g/mol. The molecule has 1 atom stereocenters. The molecule has 2 aromatic carbocycles. The van der Waals surface area contributed by atoms with Crippen LogP contribution in [0.5, 0.6) is 5.75 Å². The number of anilines is 1. The van der Waals surface area contributed by atoms with Crippen LogP contribution in [0.2, 0.25) is 0 Å². The topological polar surface area (TPSA) is 46.6 Å². The van der Waals surface area contributed by atoms with E-state index in [2.05, 4.69) is 72.0 Å². The van der Waals surface area contributed by atoms with Gasteiger partial charge in [0.25, 0.3) is 0 Å². The molecular weight excluding hydrogens is 480 g/mol. The number of aryl methyl sites for hydroxylation is 1. The van der Waals surface area contributed by atoms with Crippen LogP contribution in [0.1, 0.15) is 32.1 Å². The van der Waals surface area contributed by atoms with E-state index >= 15 is 0 Å². The molecule has 0 aliphatic carbocycles. The number of allylic oxidation sites excluding steroid dienone is 4. The summed E-state index contributed by atoms with van der Waals surface area (Å²) in [5.41, 5.74) is 4.21. The standard InChI is InChI=1S/C31H31N2O3S/c1-4-32-20-19-23(26-10-7-8-11-27(26)32)13-14-24(29-12-9-21-35-29)15-18-31-33(5-2)28-22-25(37(34)6-3)16-17-30(28)36-31/h7-22H,4-6H2,1-3H3/q+1. The quantitative estimate of drug-likeness (QED) is 0.194. The number of fused-ring (bicyclic) bond motifs is 2. The number of benzene rings is 2. The molecule has 0 radical (unpaired) electrons. The van der Waals surface area contributed by atoms with Gasteiger partial charge in [0.2, 0.25) is 11.4 Å². The minimum atomic E-state index is -1.01. The second-order valence-electron chi connectivity index (χ2n) is 8.62. The minimum absolute atomic E-state index is 0.588. The number of hydrogen-bond acceptors (Lipinski definition) is 4. The Hall–Kier alpha value is -3.90. The Morgan fingerprint density at radius 2 is 1.92 bits per heavy atom. The maximum absolute atomic E-state index is 12.4. The largest absolute Gasteiger partial charge is 0.464 e. The number of rotatable bonds is 8. The van der Waals surface area contributed by atoms with Crippen LogP contribution in [0.15, 0.2) is 107 Å². The number of furan rings is 1. The van der Waals surface area contributed by atoms with Crippen molar-refractivity contribution in [2.45, 2.75) is 32.2 Å². The molecule has 1 aliphatic heterocycles. The van der Waals surface area contributed by atoms with Crippen molar-refractivity contribution < 1.29 is 17.9 Å². The van der Waals surface area contributed by atoms with Crippen LogP contribution < -0.4 is 14.2 Å². The third-order valence-electron chi connectivity index (χ3n) is 6.50. The number of pyridine rings is 1. The third kappa shape index (κ3) is 5.02. The van der Waals surface area contributed by atoms with E-state index in [-0.39, 0.29) is 0 Å². The highest BCUT2D eigenvalue weighted by Gasteiger charge is 2.25. The van der Waals surface area contributed by atoms with Gasteiger partial charge in [-0.2, -0.15) is 4.57 Å². The summed E-state index contributed by atoms with van der Waals surface area (Å²) in [6.07, 6.45) is 12.0. The molecule has 5 nitrogen and oxygen atoms in total. The van der Waals surface area contributed by atoms with Crippen LogP contribution in [0.3, 0.4) is 0 Å². The summed E-state index contributed by atoms with van der Waals surface area (Å²) in [4.78, 5) is 2.92. The summed E-state index contributed by atoms with van der Waals surface area (Å²) < 4.78 is 26.5. The van der Waals surface area contributed by atoms with Crippen molar-refractivity contribution in [3.05, 3.63) is 109 Å². The maximum atomic E-state index is 12.4. The predicted molar refractivity (Wildman–Crippen MR) is 151 cm³/mol. The summed E-state index contributed by atoms with van der Waals surface area (Å²) in [7, 11) is -1.01. The highest BCUT2D eigenvalue weighted by Crippen LogP contribution is 2.40. The Bertz CT molecular complexity index is 1530. The molecule has 5 rings (SSSR count). The first-order valence-electron chi connectivity index (χ1n) is 12.7. The fraction of sp³-hybridized carbons (Fsp3) is 0.194. The first-order chi connectivity index (χ1) is 18.1. The van der Waals surface area contributed by atoms with E-state index in [1.54, 1.807) is 6.26 Å². The number of para-hydroxylation sites is 1. The summed E-state index contributed by atoms with van der Waals surface area (Å²) in [5.74, 6) is 2.86. The normalized spacial score (nSPS) is 15.5. The van der Waals surface area contributed by atoms with Gasteiger partial charge in [0.15, 0.2) is 11.9 Å².